The van der Waals surface area contributed by atoms with E-state index in [-0.39, 0.29) is 17.7 Å². The lowest BCUT2D eigenvalue weighted by atomic mass is 9.78. The van der Waals surface area contributed by atoms with Gasteiger partial charge in [0.05, 0.1) is 0 Å². The van der Waals surface area contributed by atoms with E-state index in [0.29, 0.717) is 6.47 Å². The molecule has 2 fully saturated rings. The van der Waals surface area contributed by atoms with E-state index in [2.05, 4.69) is 4.90 Å². The molecule has 2 aliphatic rings. The highest BCUT2D eigenvalue weighted by Crippen LogP contribution is 2.32. The van der Waals surface area contributed by atoms with Gasteiger partial charge in [-0.3, -0.25) is 14.5 Å². The summed E-state index contributed by atoms with van der Waals surface area (Å²) < 4.78 is 5.22. The zero-order valence-electron chi connectivity index (χ0n) is 12.1. The number of likely N-dealkylation sites (tertiary alicyclic amines) is 1. The number of Topliss-reactive ketones (excluding diaryl/α,β-unsaturated/α-hetero) is 1. The van der Waals surface area contributed by atoms with Crippen LogP contribution in [-0.4, -0.2) is 41.9 Å². The Morgan fingerprint density at radius 3 is 2.32 bits per heavy atom. The zero-order valence-corrected chi connectivity index (χ0v) is 12.1. The molecule has 2 rings (SSSR count). The van der Waals surface area contributed by atoms with Crippen molar-refractivity contribution in [3.05, 3.63) is 0 Å². The Labute approximate surface area is 115 Å². The first-order valence-electron chi connectivity index (χ1n) is 7.45. The molecule has 0 aromatic heterocycles. The minimum Gasteiger partial charge on any atom is -0.460 e. The Hall–Kier alpha value is -0.900. The number of hydrogen-bond acceptors (Lipinski definition) is 4. The highest BCUT2D eigenvalue weighted by molar-refractivity contribution is 5.87. The lowest BCUT2D eigenvalue weighted by Gasteiger charge is -2.45. The van der Waals surface area contributed by atoms with Crippen molar-refractivity contribution >= 4 is 12.3 Å². The molecule has 1 saturated carbocycles. The number of nitrogens with zero attached hydrogens (tertiary/aromatic N) is 1. The smallest absolute Gasteiger partial charge is 0.293 e. The quantitative estimate of drug-likeness (QED) is 0.692. The van der Waals surface area contributed by atoms with Gasteiger partial charge in [-0.1, -0.05) is 19.3 Å². The fourth-order valence-electron chi connectivity index (χ4n) is 3.36. The summed E-state index contributed by atoms with van der Waals surface area (Å²) in [4.78, 5) is 25.7. The predicted molar refractivity (Wildman–Crippen MR) is 72.8 cm³/mol. The second kappa shape index (κ2) is 6.04. The molecule has 4 heteroatoms. The lowest BCUT2D eigenvalue weighted by Crippen LogP contribution is -2.61. The predicted octanol–water partition coefficient (Wildman–Crippen LogP) is 2.16. The topological polar surface area (TPSA) is 46.6 Å². The zero-order chi connectivity index (χ0) is 13.9. The largest absolute Gasteiger partial charge is 0.460 e. The first-order chi connectivity index (χ1) is 9.06. The Morgan fingerprint density at radius 1 is 1.21 bits per heavy atom. The highest BCUT2D eigenvalue weighted by atomic mass is 16.5. The molecule has 0 bridgehead atoms. The number of carbonyl (C=O) groups is 2. The van der Waals surface area contributed by atoms with Crippen molar-refractivity contribution in [2.45, 2.75) is 64.0 Å². The van der Waals surface area contributed by atoms with E-state index in [1.807, 2.05) is 13.8 Å². The second-order valence-corrected chi connectivity index (χ2v) is 6.35. The Bertz CT molecular complexity index is 330. The van der Waals surface area contributed by atoms with Gasteiger partial charge in [0.25, 0.3) is 6.47 Å². The van der Waals surface area contributed by atoms with E-state index < -0.39 is 5.60 Å². The molecule has 0 spiro atoms. The van der Waals surface area contributed by atoms with Gasteiger partial charge in [-0.15, -0.1) is 0 Å². The average Bonchev–Trinajstić information content (AvgIpc) is 2.33. The number of ketones is 1. The van der Waals surface area contributed by atoms with Gasteiger partial charge in [0.1, 0.15) is 11.6 Å². The van der Waals surface area contributed by atoms with Crippen LogP contribution in [0.1, 0.15) is 52.4 Å². The molecule has 1 heterocycles. The molecule has 0 aromatic carbocycles. The van der Waals surface area contributed by atoms with E-state index in [1.165, 1.54) is 6.42 Å². The van der Waals surface area contributed by atoms with Gasteiger partial charge in [-0.2, -0.15) is 0 Å². The standard InChI is InChI=1S/C15H25NO3/c1-15(2,19-11-17)14(16-9-6-10-16)13(18)12-7-4-3-5-8-12/h11-12,14H,3-10H2,1-2H3/t14-/m1/s1. The molecule has 1 atom stereocenters. The van der Waals surface area contributed by atoms with Gasteiger partial charge < -0.3 is 4.74 Å². The van der Waals surface area contributed by atoms with Crippen LogP contribution in [0.5, 0.6) is 0 Å². The molecule has 1 saturated heterocycles. The van der Waals surface area contributed by atoms with Gasteiger partial charge in [-0.05, 0) is 33.1 Å². The molecular formula is C15H25NO3. The fraction of sp³-hybridized carbons (Fsp3) is 0.867. The summed E-state index contributed by atoms with van der Waals surface area (Å²) in [5, 5.41) is 0. The van der Waals surface area contributed by atoms with E-state index in [1.54, 1.807) is 0 Å². The Morgan fingerprint density at radius 2 is 1.84 bits per heavy atom. The van der Waals surface area contributed by atoms with Crippen LogP contribution in [0.25, 0.3) is 0 Å². The first-order valence-corrected chi connectivity index (χ1v) is 7.45. The maximum atomic E-state index is 12.8. The molecule has 0 radical (unpaired) electrons. The summed E-state index contributed by atoms with van der Waals surface area (Å²) in [6.45, 7) is 6.06. The van der Waals surface area contributed by atoms with Crippen molar-refractivity contribution in [1.29, 1.82) is 0 Å². The van der Waals surface area contributed by atoms with Gasteiger partial charge in [0.2, 0.25) is 0 Å². The van der Waals surface area contributed by atoms with E-state index in [0.717, 1.165) is 45.2 Å². The molecule has 0 unspecified atom stereocenters. The monoisotopic (exact) mass is 267 g/mol. The molecule has 19 heavy (non-hydrogen) atoms. The number of carbonyl (C=O) groups excluding carboxylic acids is 2. The summed E-state index contributed by atoms with van der Waals surface area (Å²) >= 11 is 0. The summed E-state index contributed by atoms with van der Waals surface area (Å²) in [6.07, 6.45) is 6.68. The summed E-state index contributed by atoms with van der Waals surface area (Å²) in [6, 6.07) is -0.269. The second-order valence-electron chi connectivity index (χ2n) is 6.35. The molecule has 4 nitrogen and oxygen atoms in total. The first kappa shape index (κ1) is 14.5. The molecule has 0 aromatic rings. The lowest BCUT2D eigenvalue weighted by molar-refractivity contribution is -0.157. The third kappa shape index (κ3) is 3.16. The third-order valence-electron chi connectivity index (χ3n) is 4.54. The fourth-order valence-corrected chi connectivity index (χ4v) is 3.36. The highest BCUT2D eigenvalue weighted by Gasteiger charge is 2.45. The maximum absolute atomic E-state index is 12.8. The van der Waals surface area contributed by atoms with Crippen molar-refractivity contribution in [2.24, 2.45) is 5.92 Å². The maximum Gasteiger partial charge on any atom is 0.293 e. The molecule has 1 aliphatic heterocycles. The number of ether oxygens (including phenoxy) is 1. The van der Waals surface area contributed by atoms with Crippen LogP contribution >= 0.6 is 0 Å². The van der Waals surface area contributed by atoms with Gasteiger partial charge in [0.15, 0.2) is 5.78 Å². The third-order valence-corrected chi connectivity index (χ3v) is 4.54. The van der Waals surface area contributed by atoms with Crippen LogP contribution in [0.3, 0.4) is 0 Å². The molecule has 0 N–H and O–H groups in total. The van der Waals surface area contributed by atoms with Crippen molar-refractivity contribution in [1.82, 2.24) is 4.90 Å². The van der Waals surface area contributed by atoms with Crippen LogP contribution < -0.4 is 0 Å². The van der Waals surface area contributed by atoms with Crippen molar-refractivity contribution in [2.75, 3.05) is 13.1 Å². The summed E-state index contributed by atoms with van der Waals surface area (Å²) in [7, 11) is 0. The van der Waals surface area contributed by atoms with E-state index in [4.69, 9.17) is 4.74 Å². The van der Waals surface area contributed by atoms with Gasteiger partial charge in [0, 0.05) is 19.0 Å². The van der Waals surface area contributed by atoms with Crippen molar-refractivity contribution in [3.63, 3.8) is 0 Å². The van der Waals surface area contributed by atoms with Crippen LogP contribution in [0.2, 0.25) is 0 Å². The summed E-state index contributed by atoms with van der Waals surface area (Å²) in [5.41, 5.74) is -0.725. The molecular weight excluding hydrogens is 242 g/mol. The number of hydrogen-bond donors (Lipinski definition) is 0. The van der Waals surface area contributed by atoms with E-state index >= 15 is 0 Å². The average molecular weight is 267 g/mol. The van der Waals surface area contributed by atoms with E-state index in [9.17, 15) is 9.59 Å². The minimum atomic E-state index is -0.725. The Balaban J connectivity index is 2.11. The summed E-state index contributed by atoms with van der Waals surface area (Å²) in [5.74, 6) is 0.445. The Kier molecular flexibility index (Phi) is 4.61. The molecule has 1 aliphatic carbocycles. The normalized spacial score (nSPS) is 23.5. The molecule has 108 valence electrons. The van der Waals surface area contributed by atoms with Crippen LogP contribution in [-0.2, 0) is 14.3 Å². The van der Waals surface area contributed by atoms with Crippen LogP contribution in [0, 0.1) is 5.92 Å². The van der Waals surface area contributed by atoms with Crippen molar-refractivity contribution in [3.8, 4) is 0 Å². The van der Waals surface area contributed by atoms with Crippen LogP contribution in [0.15, 0.2) is 0 Å². The number of rotatable bonds is 6. The molecule has 0 amide bonds. The van der Waals surface area contributed by atoms with Crippen LogP contribution in [0.4, 0.5) is 0 Å². The van der Waals surface area contributed by atoms with Gasteiger partial charge in [-0.25, -0.2) is 0 Å². The minimum absolute atomic E-state index is 0.161. The van der Waals surface area contributed by atoms with Crippen molar-refractivity contribution < 1.29 is 14.3 Å². The van der Waals surface area contributed by atoms with Gasteiger partial charge >= 0.3 is 0 Å². The SMILES string of the molecule is CC(C)(OC=O)[C@@H](C(=O)C1CCCCC1)N1CCC1.